The smallest absolute Gasteiger partial charge is 0.323 e. The number of carbonyl (C=O) groups excluding carboxylic acids is 1. The summed E-state index contributed by atoms with van der Waals surface area (Å²) >= 11 is 0. The number of hydrogen-bond acceptors (Lipinski definition) is 3. The Bertz CT molecular complexity index is 474. The van der Waals surface area contributed by atoms with Crippen molar-refractivity contribution in [1.29, 1.82) is 0 Å². The van der Waals surface area contributed by atoms with E-state index in [9.17, 15) is 14.7 Å². The summed E-state index contributed by atoms with van der Waals surface area (Å²) in [5.41, 5.74) is 5.50. The summed E-state index contributed by atoms with van der Waals surface area (Å²) in [6.45, 7) is 3.98. The number of nitrogens with two attached hydrogens (primary N) is 1. The highest BCUT2D eigenvalue weighted by Gasteiger charge is 2.31. The number of hydrogen-bond donors (Lipinski definition) is 3. The standard InChI is InChI=1S/C14H20N2O3/c1-3-7-14(2,13(18)19)16-9-10-5-4-6-11(8-10)12(15)17/h4-6,8,16H,3,7,9H2,1-2H3,(H2,15,17)(H,18,19). The third kappa shape index (κ3) is 4.06. The van der Waals surface area contributed by atoms with Gasteiger partial charge in [0.2, 0.25) is 5.91 Å². The van der Waals surface area contributed by atoms with Crippen LogP contribution in [0.4, 0.5) is 0 Å². The summed E-state index contributed by atoms with van der Waals surface area (Å²) in [5.74, 6) is -1.36. The van der Waals surface area contributed by atoms with Crippen molar-refractivity contribution in [2.45, 2.75) is 38.8 Å². The number of carbonyl (C=O) groups is 2. The van der Waals surface area contributed by atoms with E-state index in [1.165, 1.54) is 0 Å². The minimum Gasteiger partial charge on any atom is -0.480 e. The molecule has 0 bridgehead atoms. The van der Waals surface area contributed by atoms with E-state index in [2.05, 4.69) is 5.32 Å². The summed E-state index contributed by atoms with van der Waals surface area (Å²) < 4.78 is 0. The molecular weight excluding hydrogens is 244 g/mol. The second-order valence-electron chi connectivity index (χ2n) is 4.81. The Balaban J connectivity index is 2.77. The quantitative estimate of drug-likeness (QED) is 0.696. The number of carboxylic acid groups (broad SMARTS) is 1. The van der Waals surface area contributed by atoms with Crippen molar-refractivity contribution in [2.75, 3.05) is 0 Å². The van der Waals surface area contributed by atoms with Crippen LogP contribution in [0.2, 0.25) is 0 Å². The Morgan fingerprint density at radius 2 is 2.11 bits per heavy atom. The molecule has 5 heteroatoms. The van der Waals surface area contributed by atoms with Crippen LogP contribution in [-0.4, -0.2) is 22.5 Å². The number of nitrogens with one attached hydrogen (secondary N) is 1. The predicted molar refractivity (Wildman–Crippen MR) is 72.7 cm³/mol. The number of primary amides is 1. The first kappa shape index (κ1) is 15.2. The highest BCUT2D eigenvalue weighted by atomic mass is 16.4. The number of aliphatic carboxylic acids is 1. The minimum absolute atomic E-state index is 0.379. The van der Waals surface area contributed by atoms with Crippen LogP contribution in [0.1, 0.15) is 42.6 Å². The fraction of sp³-hybridized carbons (Fsp3) is 0.429. The lowest BCUT2D eigenvalue weighted by Gasteiger charge is -2.26. The highest BCUT2D eigenvalue weighted by molar-refractivity contribution is 5.92. The van der Waals surface area contributed by atoms with Gasteiger partial charge in [0.15, 0.2) is 0 Å². The SMILES string of the molecule is CCCC(C)(NCc1cccc(C(N)=O)c1)C(=O)O. The van der Waals surface area contributed by atoms with Gasteiger partial charge in [0, 0.05) is 12.1 Å². The van der Waals surface area contributed by atoms with Gasteiger partial charge in [0.05, 0.1) is 0 Å². The molecule has 0 saturated carbocycles. The third-order valence-corrected chi connectivity index (χ3v) is 3.12. The Morgan fingerprint density at radius 1 is 1.42 bits per heavy atom. The maximum Gasteiger partial charge on any atom is 0.323 e. The normalized spacial score (nSPS) is 13.8. The molecule has 0 fully saturated rings. The third-order valence-electron chi connectivity index (χ3n) is 3.12. The van der Waals surface area contributed by atoms with E-state index in [-0.39, 0.29) is 0 Å². The van der Waals surface area contributed by atoms with E-state index >= 15 is 0 Å². The fourth-order valence-corrected chi connectivity index (χ4v) is 1.90. The Kier molecular flexibility index (Phi) is 5.06. The molecule has 0 aliphatic heterocycles. The van der Waals surface area contributed by atoms with Gasteiger partial charge in [-0.25, -0.2) is 0 Å². The lowest BCUT2D eigenvalue weighted by atomic mass is 9.96. The first-order valence-corrected chi connectivity index (χ1v) is 6.26. The topological polar surface area (TPSA) is 92.4 Å². The number of amides is 1. The van der Waals surface area contributed by atoms with Gasteiger partial charge in [0.25, 0.3) is 0 Å². The van der Waals surface area contributed by atoms with Crippen LogP contribution in [0.15, 0.2) is 24.3 Å². The molecule has 0 radical (unpaired) electrons. The summed E-state index contributed by atoms with van der Waals surface area (Å²) in [4.78, 5) is 22.3. The van der Waals surface area contributed by atoms with Crippen molar-refractivity contribution in [3.05, 3.63) is 35.4 Å². The molecule has 1 amide bonds. The van der Waals surface area contributed by atoms with Crippen LogP contribution in [0, 0.1) is 0 Å². The highest BCUT2D eigenvalue weighted by Crippen LogP contribution is 2.14. The summed E-state index contributed by atoms with van der Waals surface area (Å²) in [5, 5.41) is 12.3. The van der Waals surface area contributed by atoms with Crippen LogP contribution >= 0.6 is 0 Å². The number of rotatable bonds is 7. The van der Waals surface area contributed by atoms with Crippen molar-refractivity contribution >= 4 is 11.9 Å². The molecule has 0 heterocycles. The molecule has 0 aliphatic carbocycles. The first-order chi connectivity index (χ1) is 8.89. The fourth-order valence-electron chi connectivity index (χ4n) is 1.90. The number of benzene rings is 1. The van der Waals surface area contributed by atoms with Crippen molar-refractivity contribution in [3.8, 4) is 0 Å². The molecular formula is C14H20N2O3. The lowest BCUT2D eigenvalue weighted by Crippen LogP contribution is -2.48. The molecule has 0 spiro atoms. The lowest BCUT2D eigenvalue weighted by molar-refractivity contribution is -0.144. The van der Waals surface area contributed by atoms with Gasteiger partial charge in [-0.3, -0.25) is 14.9 Å². The maximum atomic E-state index is 11.3. The predicted octanol–water partition coefficient (Wildman–Crippen LogP) is 1.52. The van der Waals surface area contributed by atoms with Crippen LogP contribution < -0.4 is 11.1 Å². The molecule has 5 nitrogen and oxygen atoms in total. The molecule has 1 aromatic rings. The second-order valence-corrected chi connectivity index (χ2v) is 4.81. The van der Waals surface area contributed by atoms with Crippen molar-refractivity contribution in [1.82, 2.24) is 5.32 Å². The molecule has 1 rings (SSSR count). The molecule has 4 N–H and O–H groups in total. The van der Waals surface area contributed by atoms with E-state index in [1.54, 1.807) is 25.1 Å². The average molecular weight is 264 g/mol. The van der Waals surface area contributed by atoms with Crippen LogP contribution in [0.25, 0.3) is 0 Å². The van der Waals surface area contributed by atoms with E-state index in [0.29, 0.717) is 18.5 Å². The van der Waals surface area contributed by atoms with Crippen LogP contribution in [0.5, 0.6) is 0 Å². The van der Waals surface area contributed by atoms with E-state index in [0.717, 1.165) is 12.0 Å². The number of carboxylic acids is 1. The van der Waals surface area contributed by atoms with Crippen molar-refractivity contribution < 1.29 is 14.7 Å². The average Bonchev–Trinajstić information content (AvgIpc) is 2.37. The van der Waals surface area contributed by atoms with Gasteiger partial charge in [-0.05, 0) is 31.0 Å². The molecule has 0 saturated heterocycles. The zero-order chi connectivity index (χ0) is 14.5. The van der Waals surface area contributed by atoms with Gasteiger partial charge < -0.3 is 10.8 Å². The zero-order valence-corrected chi connectivity index (χ0v) is 11.3. The Morgan fingerprint density at radius 3 is 2.63 bits per heavy atom. The van der Waals surface area contributed by atoms with Gasteiger partial charge in [-0.1, -0.05) is 25.5 Å². The molecule has 0 aliphatic rings. The van der Waals surface area contributed by atoms with Gasteiger partial charge >= 0.3 is 5.97 Å². The molecule has 1 aromatic carbocycles. The molecule has 0 aromatic heterocycles. The van der Waals surface area contributed by atoms with Gasteiger partial charge in [-0.2, -0.15) is 0 Å². The van der Waals surface area contributed by atoms with E-state index in [1.807, 2.05) is 13.0 Å². The molecule has 104 valence electrons. The molecule has 19 heavy (non-hydrogen) atoms. The van der Waals surface area contributed by atoms with Gasteiger partial charge in [-0.15, -0.1) is 0 Å². The van der Waals surface area contributed by atoms with Gasteiger partial charge in [0.1, 0.15) is 5.54 Å². The van der Waals surface area contributed by atoms with Crippen molar-refractivity contribution in [3.63, 3.8) is 0 Å². The minimum atomic E-state index is -0.961. The summed E-state index contributed by atoms with van der Waals surface area (Å²) in [6.07, 6.45) is 1.31. The zero-order valence-electron chi connectivity index (χ0n) is 11.3. The molecule has 1 atom stereocenters. The Hall–Kier alpha value is -1.88. The first-order valence-electron chi connectivity index (χ1n) is 6.26. The van der Waals surface area contributed by atoms with E-state index in [4.69, 9.17) is 5.73 Å². The van der Waals surface area contributed by atoms with Crippen molar-refractivity contribution in [2.24, 2.45) is 5.73 Å². The monoisotopic (exact) mass is 264 g/mol. The van der Waals surface area contributed by atoms with Crippen LogP contribution in [0.3, 0.4) is 0 Å². The summed E-state index contributed by atoms with van der Waals surface area (Å²) in [6, 6.07) is 6.86. The van der Waals surface area contributed by atoms with E-state index < -0.39 is 17.4 Å². The van der Waals surface area contributed by atoms with Crippen LogP contribution in [-0.2, 0) is 11.3 Å². The molecule has 1 unspecified atom stereocenters. The summed E-state index contributed by atoms with van der Waals surface area (Å²) in [7, 11) is 0. The maximum absolute atomic E-state index is 11.3. The largest absolute Gasteiger partial charge is 0.480 e. The Labute approximate surface area is 112 Å². The second kappa shape index (κ2) is 6.33.